The first kappa shape index (κ1) is 21.0. The zero-order valence-corrected chi connectivity index (χ0v) is 17.1. The van der Waals surface area contributed by atoms with Crippen molar-refractivity contribution in [3.8, 4) is 0 Å². The minimum Gasteiger partial charge on any atom is -0.336 e. The summed E-state index contributed by atoms with van der Waals surface area (Å²) in [7, 11) is 0. The number of fused-ring (bicyclic) bond motifs is 1. The van der Waals surface area contributed by atoms with Crippen LogP contribution in [0.2, 0.25) is 0 Å². The molecule has 0 unspecified atom stereocenters. The van der Waals surface area contributed by atoms with E-state index in [2.05, 4.69) is 15.6 Å². The van der Waals surface area contributed by atoms with E-state index in [9.17, 15) is 19.2 Å². The molecule has 0 aliphatic carbocycles. The molecular weight excluding hydrogens is 388 g/mol. The van der Waals surface area contributed by atoms with Crippen LogP contribution in [0.4, 0.5) is 4.79 Å². The van der Waals surface area contributed by atoms with Crippen LogP contribution in [0.25, 0.3) is 11.2 Å². The second-order valence-electron chi connectivity index (χ2n) is 7.12. The third-order valence-corrected chi connectivity index (χ3v) is 4.48. The van der Waals surface area contributed by atoms with Crippen LogP contribution in [0, 0.1) is 0 Å². The van der Waals surface area contributed by atoms with Gasteiger partial charge in [-0.2, -0.15) is 0 Å². The van der Waals surface area contributed by atoms with Gasteiger partial charge in [0.15, 0.2) is 11.2 Å². The lowest BCUT2D eigenvalue weighted by Crippen LogP contribution is -2.48. The Morgan fingerprint density at radius 1 is 1.10 bits per heavy atom. The normalized spacial score (nSPS) is 11.1. The van der Waals surface area contributed by atoms with Crippen molar-refractivity contribution in [2.24, 2.45) is 0 Å². The summed E-state index contributed by atoms with van der Waals surface area (Å²) in [4.78, 5) is 54.4. The maximum Gasteiger partial charge on any atom is 0.333 e. The summed E-state index contributed by atoms with van der Waals surface area (Å²) in [5.74, 6) is -0.763. The highest BCUT2D eigenvalue weighted by Gasteiger charge is 2.20. The zero-order chi connectivity index (χ0) is 21.8. The second kappa shape index (κ2) is 8.76. The smallest absolute Gasteiger partial charge is 0.333 e. The van der Waals surface area contributed by atoms with Crippen LogP contribution in [-0.4, -0.2) is 36.7 Å². The van der Waals surface area contributed by atoms with Gasteiger partial charge in [-0.1, -0.05) is 30.3 Å². The van der Waals surface area contributed by atoms with Crippen molar-refractivity contribution >= 4 is 23.1 Å². The summed E-state index contributed by atoms with van der Waals surface area (Å²) in [6, 6.07) is 8.41. The molecule has 2 N–H and O–H groups in total. The quantitative estimate of drug-likeness (QED) is 0.616. The number of nitrogens with one attached hydrogen (secondary N) is 2. The number of carbonyl (C=O) groups is 2. The molecule has 2 heterocycles. The highest BCUT2D eigenvalue weighted by molar-refractivity contribution is 5.94. The zero-order valence-electron chi connectivity index (χ0n) is 17.1. The molecule has 0 aliphatic rings. The molecule has 10 heteroatoms. The van der Waals surface area contributed by atoms with E-state index in [4.69, 9.17) is 0 Å². The first-order chi connectivity index (χ1) is 14.3. The molecule has 3 aromatic rings. The summed E-state index contributed by atoms with van der Waals surface area (Å²) in [6.45, 7) is 5.42. The van der Waals surface area contributed by atoms with E-state index in [0.717, 1.165) is 10.1 Å². The molecule has 0 saturated carbocycles. The molecular formula is C20H24N6O4. The third-order valence-electron chi connectivity index (χ3n) is 4.48. The van der Waals surface area contributed by atoms with Crippen LogP contribution in [0.1, 0.15) is 26.3 Å². The van der Waals surface area contributed by atoms with Gasteiger partial charge in [-0.25, -0.2) is 19.1 Å². The summed E-state index contributed by atoms with van der Waals surface area (Å²) in [6.07, 6.45) is 1.49. The van der Waals surface area contributed by atoms with E-state index in [0.29, 0.717) is 6.54 Å². The number of aryl methyl sites for hydroxylation is 1. The SMILES string of the molecule is CCn1cnc2c1c(=O)n(CC(=O)NC(=O)NC(C)C)c(=O)n2Cc1ccccc1. The van der Waals surface area contributed by atoms with E-state index in [-0.39, 0.29) is 23.8 Å². The van der Waals surface area contributed by atoms with Gasteiger partial charge in [-0.3, -0.25) is 19.5 Å². The van der Waals surface area contributed by atoms with Crippen molar-refractivity contribution in [1.29, 1.82) is 0 Å². The summed E-state index contributed by atoms with van der Waals surface area (Å²) in [5.41, 5.74) is 0.0329. The van der Waals surface area contributed by atoms with Gasteiger partial charge < -0.3 is 9.88 Å². The fraction of sp³-hybridized carbons (Fsp3) is 0.350. The number of hydrogen-bond donors (Lipinski definition) is 2. The predicted octanol–water partition coefficient (Wildman–Crippen LogP) is 0.662. The Balaban J connectivity index is 2.05. The average Bonchev–Trinajstić information content (AvgIpc) is 3.12. The summed E-state index contributed by atoms with van der Waals surface area (Å²) < 4.78 is 3.81. The van der Waals surface area contributed by atoms with Crippen LogP contribution >= 0.6 is 0 Å². The van der Waals surface area contributed by atoms with E-state index in [1.54, 1.807) is 18.4 Å². The summed E-state index contributed by atoms with van der Waals surface area (Å²) >= 11 is 0. The van der Waals surface area contributed by atoms with E-state index in [1.807, 2.05) is 37.3 Å². The monoisotopic (exact) mass is 412 g/mol. The number of hydrogen-bond acceptors (Lipinski definition) is 5. The lowest BCUT2D eigenvalue weighted by molar-refractivity contribution is -0.120. The van der Waals surface area contributed by atoms with Crippen molar-refractivity contribution < 1.29 is 9.59 Å². The molecule has 30 heavy (non-hydrogen) atoms. The number of urea groups is 1. The predicted molar refractivity (Wildman–Crippen MR) is 111 cm³/mol. The fourth-order valence-electron chi connectivity index (χ4n) is 3.13. The fourth-order valence-corrected chi connectivity index (χ4v) is 3.13. The molecule has 0 aliphatic heterocycles. The number of rotatable bonds is 6. The van der Waals surface area contributed by atoms with Gasteiger partial charge in [0.05, 0.1) is 12.9 Å². The molecule has 10 nitrogen and oxygen atoms in total. The molecule has 158 valence electrons. The highest BCUT2D eigenvalue weighted by Crippen LogP contribution is 2.09. The largest absolute Gasteiger partial charge is 0.336 e. The number of nitrogens with zero attached hydrogens (tertiary/aromatic N) is 4. The molecule has 1 aromatic carbocycles. The molecule has 0 atom stereocenters. The number of imidazole rings is 1. The topological polar surface area (TPSA) is 120 Å². The van der Waals surface area contributed by atoms with Crippen molar-refractivity contribution in [1.82, 2.24) is 29.3 Å². The Bertz CT molecular complexity index is 1190. The molecule has 0 bridgehead atoms. The molecule has 0 radical (unpaired) electrons. The van der Waals surface area contributed by atoms with Crippen LogP contribution < -0.4 is 21.9 Å². The number of benzene rings is 1. The van der Waals surface area contributed by atoms with Gasteiger partial charge >= 0.3 is 11.7 Å². The Morgan fingerprint density at radius 3 is 2.43 bits per heavy atom. The number of carbonyl (C=O) groups excluding carboxylic acids is 2. The van der Waals surface area contributed by atoms with Crippen LogP contribution in [0.5, 0.6) is 0 Å². The third kappa shape index (κ3) is 4.32. The maximum absolute atomic E-state index is 13.1. The van der Waals surface area contributed by atoms with E-state index in [1.165, 1.54) is 10.9 Å². The van der Waals surface area contributed by atoms with E-state index < -0.39 is 29.7 Å². The molecule has 2 aromatic heterocycles. The van der Waals surface area contributed by atoms with Crippen LogP contribution in [0.3, 0.4) is 0 Å². The number of aromatic nitrogens is 4. The first-order valence-corrected chi connectivity index (χ1v) is 9.64. The lowest BCUT2D eigenvalue weighted by Gasteiger charge is -2.13. The minimum absolute atomic E-state index is 0.168. The molecule has 0 saturated heterocycles. The van der Waals surface area contributed by atoms with Crippen molar-refractivity contribution in [3.05, 3.63) is 63.1 Å². The molecule has 3 rings (SSSR count). The Hall–Kier alpha value is -3.69. The minimum atomic E-state index is -0.763. The van der Waals surface area contributed by atoms with E-state index >= 15 is 0 Å². The van der Waals surface area contributed by atoms with Crippen molar-refractivity contribution in [3.63, 3.8) is 0 Å². The number of imide groups is 1. The Labute approximate surface area is 172 Å². The van der Waals surface area contributed by atoms with Gasteiger partial charge in [0.1, 0.15) is 6.54 Å². The van der Waals surface area contributed by atoms with Crippen LogP contribution in [-0.2, 0) is 24.4 Å². The van der Waals surface area contributed by atoms with Gasteiger partial charge in [0, 0.05) is 12.6 Å². The number of amides is 3. The van der Waals surface area contributed by atoms with Gasteiger partial charge in [-0.15, -0.1) is 0 Å². The van der Waals surface area contributed by atoms with Crippen molar-refractivity contribution in [2.75, 3.05) is 0 Å². The lowest BCUT2D eigenvalue weighted by atomic mass is 10.2. The molecule has 0 spiro atoms. The highest BCUT2D eigenvalue weighted by atomic mass is 16.2. The van der Waals surface area contributed by atoms with Crippen molar-refractivity contribution in [2.45, 2.75) is 46.4 Å². The molecule has 3 amide bonds. The van der Waals surface area contributed by atoms with Gasteiger partial charge in [0.2, 0.25) is 5.91 Å². The average molecular weight is 412 g/mol. The van der Waals surface area contributed by atoms with Crippen LogP contribution in [0.15, 0.2) is 46.2 Å². The standard InChI is InChI=1S/C20H24N6O4/c1-4-24-12-21-17-16(24)18(28)26(11-15(27)23-19(29)22-13(2)3)20(30)25(17)10-14-8-6-5-7-9-14/h5-9,12-13H,4,10-11H2,1-3H3,(H2,22,23,27,29). The first-order valence-electron chi connectivity index (χ1n) is 9.64. The second-order valence-corrected chi connectivity index (χ2v) is 7.12. The Kier molecular flexibility index (Phi) is 6.14. The molecule has 0 fully saturated rings. The van der Waals surface area contributed by atoms with Gasteiger partial charge in [-0.05, 0) is 26.3 Å². The Morgan fingerprint density at radius 2 is 1.80 bits per heavy atom. The van der Waals surface area contributed by atoms with Gasteiger partial charge in [0.25, 0.3) is 5.56 Å². The maximum atomic E-state index is 13.1. The summed E-state index contributed by atoms with van der Waals surface area (Å²) in [5, 5.41) is 4.66.